The molecule has 0 spiro atoms. The molecule has 0 aromatic carbocycles. The van der Waals surface area contributed by atoms with Gasteiger partial charge in [-0.05, 0) is 13.8 Å². The number of carbonyl (C=O) groups is 2. The summed E-state index contributed by atoms with van der Waals surface area (Å²) in [5.74, 6) is -25.5. The normalized spacial score (nSPS) is 17.0. The molecule has 0 aliphatic rings. The van der Waals surface area contributed by atoms with Gasteiger partial charge >= 0.3 is 48.0 Å². The Hall–Kier alpha value is -2.74. The molecule has 3 unspecified atom stereocenters. The molecule has 0 bridgehead atoms. The highest BCUT2D eigenvalue weighted by atomic mass is 19.4. The lowest BCUT2D eigenvalue weighted by atomic mass is 9.90. The zero-order valence-corrected chi connectivity index (χ0v) is 21.1. The van der Waals surface area contributed by atoms with Gasteiger partial charge in [0, 0.05) is 18.6 Å². The number of esters is 2. The molecule has 248 valence electrons. The third-order valence-corrected chi connectivity index (χ3v) is 5.07. The number of alkyl halides is 16. The number of aliphatic hydroxyl groups excluding tert-OH is 1. The van der Waals surface area contributed by atoms with Crippen LogP contribution in [0.1, 0.15) is 26.7 Å². The fourth-order valence-electron chi connectivity index (χ4n) is 2.26. The van der Waals surface area contributed by atoms with Gasteiger partial charge in [-0.1, -0.05) is 13.2 Å². The molecular formula is C21H22F16O5. The van der Waals surface area contributed by atoms with Gasteiger partial charge in [-0.25, -0.2) is 18.4 Å². The van der Waals surface area contributed by atoms with Crippen LogP contribution in [-0.4, -0.2) is 83.7 Å². The van der Waals surface area contributed by atoms with E-state index in [-0.39, 0.29) is 0 Å². The van der Waals surface area contributed by atoms with Gasteiger partial charge in [-0.3, -0.25) is 0 Å². The van der Waals surface area contributed by atoms with Crippen molar-refractivity contribution >= 4 is 11.9 Å². The highest BCUT2D eigenvalue weighted by molar-refractivity contribution is 5.81. The molecule has 5 nitrogen and oxygen atoms in total. The fraction of sp³-hybridized carbons (Fsp3) is 0.714. The van der Waals surface area contributed by atoms with Gasteiger partial charge in [0.2, 0.25) is 0 Å². The number of carbonyl (C=O) groups excluding carboxylic acids is 2. The number of ether oxygens (including phenoxy) is 2. The molecule has 3 atom stereocenters. The van der Waals surface area contributed by atoms with Gasteiger partial charge in [0.25, 0.3) is 11.3 Å². The Labute approximate surface area is 226 Å². The maximum absolute atomic E-state index is 13.3. The van der Waals surface area contributed by atoms with Crippen LogP contribution in [0.4, 0.5) is 70.2 Å². The van der Waals surface area contributed by atoms with E-state index in [9.17, 15) is 79.8 Å². The molecule has 0 aliphatic carbocycles. The van der Waals surface area contributed by atoms with E-state index in [1.165, 1.54) is 0 Å². The number of hydrogen-bond acceptors (Lipinski definition) is 5. The maximum Gasteiger partial charge on any atom is 0.428 e. The summed E-state index contributed by atoms with van der Waals surface area (Å²) in [5.41, 5.74) is -11.0. The zero-order valence-electron chi connectivity index (χ0n) is 21.1. The van der Waals surface area contributed by atoms with Gasteiger partial charge in [-0.15, -0.1) is 0 Å². The van der Waals surface area contributed by atoms with Crippen molar-refractivity contribution in [1.29, 1.82) is 0 Å². The van der Waals surface area contributed by atoms with Crippen molar-refractivity contribution in [2.24, 2.45) is 0 Å². The van der Waals surface area contributed by atoms with E-state index in [2.05, 4.69) is 22.6 Å². The van der Waals surface area contributed by atoms with Crippen LogP contribution in [0.15, 0.2) is 25.3 Å². The second-order valence-corrected chi connectivity index (χ2v) is 8.37. The van der Waals surface area contributed by atoms with Crippen molar-refractivity contribution < 1.29 is 94.4 Å². The van der Waals surface area contributed by atoms with E-state index in [1.54, 1.807) is 0 Å². The van der Waals surface area contributed by atoms with E-state index in [4.69, 9.17) is 5.11 Å². The molecule has 0 saturated carbocycles. The topological polar surface area (TPSA) is 72.8 Å². The number of rotatable bonds is 13. The molecule has 0 amide bonds. The Kier molecular flexibility index (Phi) is 13.5. The van der Waals surface area contributed by atoms with Crippen molar-refractivity contribution in [3.63, 3.8) is 0 Å². The highest BCUT2D eigenvalue weighted by Gasteiger charge is 2.78. The van der Waals surface area contributed by atoms with Crippen LogP contribution in [-0.2, 0) is 19.1 Å². The van der Waals surface area contributed by atoms with Crippen molar-refractivity contribution in [1.82, 2.24) is 0 Å². The van der Waals surface area contributed by atoms with Gasteiger partial charge in [0.05, 0.1) is 19.1 Å². The molecule has 0 aromatic heterocycles. The molecular weight excluding hydrogens is 636 g/mol. The van der Waals surface area contributed by atoms with Crippen molar-refractivity contribution in [3.8, 4) is 0 Å². The molecule has 0 heterocycles. The van der Waals surface area contributed by atoms with Crippen LogP contribution in [0, 0.1) is 0 Å². The molecule has 0 fully saturated rings. The molecule has 21 heteroatoms. The third kappa shape index (κ3) is 9.38. The summed E-state index contributed by atoms with van der Waals surface area (Å²) in [6, 6.07) is 0. The van der Waals surface area contributed by atoms with Crippen LogP contribution >= 0.6 is 0 Å². The summed E-state index contributed by atoms with van der Waals surface area (Å²) in [5, 5.41) is 9.03. The van der Waals surface area contributed by atoms with Crippen molar-refractivity contribution in [3.05, 3.63) is 25.3 Å². The van der Waals surface area contributed by atoms with E-state index in [0.29, 0.717) is 12.2 Å². The fourth-order valence-corrected chi connectivity index (χ4v) is 2.26. The number of aliphatic hydroxyl groups is 1. The Bertz CT molecular complexity index is 938. The van der Waals surface area contributed by atoms with E-state index < -0.39 is 105 Å². The van der Waals surface area contributed by atoms with Gasteiger partial charge in [0.1, 0.15) is 6.61 Å². The summed E-state index contributed by atoms with van der Waals surface area (Å²) >= 11 is 0. The molecule has 42 heavy (non-hydrogen) atoms. The van der Waals surface area contributed by atoms with Crippen molar-refractivity contribution in [2.45, 2.75) is 80.2 Å². The first-order valence-electron chi connectivity index (χ1n) is 10.6. The van der Waals surface area contributed by atoms with Crippen LogP contribution in [0.2, 0.25) is 0 Å². The van der Waals surface area contributed by atoms with E-state index in [1.807, 2.05) is 0 Å². The standard InChI is InChI=1S/C11H12F8O3.C10H10F8O2/c1-3-7(21)22-5-6(20)4-9(13,14)10(15,16)8(2,12)11(17,18)19;1-3-6(19)20-5-4-8(12,13)9(14,15)7(2,11)10(16,17)18/h3,6,20H,1,4-5H2,2H3;3H,1,4-5H2,2H3. The third-order valence-electron chi connectivity index (χ3n) is 5.07. The quantitative estimate of drug-likeness (QED) is 0.136. The smallest absolute Gasteiger partial charge is 0.428 e. The van der Waals surface area contributed by atoms with Gasteiger partial charge < -0.3 is 14.6 Å². The summed E-state index contributed by atoms with van der Waals surface area (Å²) < 4.78 is 212. The Morgan fingerprint density at radius 1 is 0.667 bits per heavy atom. The number of halogens is 16. The highest BCUT2D eigenvalue weighted by Crippen LogP contribution is 2.54. The Morgan fingerprint density at radius 2 is 1.00 bits per heavy atom. The maximum atomic E-state index is 13.3. The first kappa shape index (κ1) is 41.4. The molecule has 0 aliphatic heterocycles. The van der Waals surface area contributed by atoms with E-state index in [0.717, 1.165) is 0 Å². The lowest BCUT2D eigenvalue weighted by Crippen LogP contribution is -2.62. The van der Waals surface area contributed by atoms with Crippen molar-refractivity contribution in [2.75, 3.05) is 13.2 Å². The average molecular weight is 658 g/mol. The molecule has 0 saturated heterocycles. The zero-order chi connectivity index (χ0) is 34.4. The Balaban J connectivity index is 0. The second kappa shape index (κ2) is 13.7. The van der Waals surface area contributed by atoms with Crippen LogP contribution in [0.3, 0.4) is 0 Å². The van der Waals surface area contributed by atoms with Gasteiger partial charge in [-0.2, -0.15) is 61.5 Å². The van der Waals surface area contributed by atoms with E-state index >= 15 is 0 Å². The SMILES string of the molecule is C=CC(=O)OCC(O)CC(F)(F)C(F)(F)C(C)(F)C(F)(F)F.C=CC(=O)OCCC(F)(F)C(F)(F)C(C)(F)C(F)(F)F. The predicted octanol–water partition coefficient (Wildman–Crippen LogP) is 6.69. The minimum Gasteiger partial charge on any atom is -0.462 e. The summed E-state index contributed by atoms with van der Waals surface area (Å²) in [7, 11) is 0. The minimum absolute atomic E-state index is 0.533. The molecule has 1 N–H and O–H groups in total. The summed E-state index contributed by atoms with van der Waals surface area (Å²) in [6.07, 6.45) is -18.0. The molecule has 0 rings (SSSR count). The predicted molar refractivity (Wildman–Crippen MR) is 108 cm³/mol. The second-order valence-electron chi connectivity index (χ2n) is 8.37. The number of hydrogen-bond donors (Lipinski definition) is 1. The first-order valence-corrected chi connectivity index (χ1v) is 10.6. The molecule has 0 aromatic rings. The average Bonchev–Trinajstić information content (AvgIpc) is 2.80. The lowest BCUT2D eigenvalue weighted by Gasteiger charge is -2.37. The van der Waals surface area contributed by atoms with Gasteiger partial charge in [0.15, 0.2) is 0 Å². The van der Waals surface area contributed by atoms with Crippen LogP contribution in [0.5, 0.6) is 0 Å². The van der Waals surface area contributed by atoms with Crippen LogP contribution in [0.25, 0.3) is 0 Å². The van der Waals surface area contributed by atoms with Crippen LogP contribution < -0.4 is 0 Å². The summed E-state index contributed by atoms with van der Waals surface area (Å²) in [6.45, 7) is 1.85. The minimum atomic E-state index is -6.26. The summed E-state index contributed by atoms with van der Waals surface area (Å²) in [4.78, 5) is 21.1. The lowest BCUT2D eigenvalue weighted by molar-refractivity contribution is -0.351. The largest absolute Gasteiger partial charge is 0.462 e. The molecule has 0 radical (unpaired) electrons. The monoisotopic (exact) mass is 658 g/mol. The Morgan fingerprint density at radius 3 is 1.33 bits per heavy atom. The first-order chi connectivity index (χ1) is 18.3.